The zero-order valence-corrected chi connectivity index (χ0v) is 22.9. The smallest absolute Gasteiger partial charge is 0.211 e. The summed E-state index contributed by atoms with van der Waals surface area (Å²) in [6, 6.07) is 8.20. The quantitative estimate of drug-likeness (QED) is 0.411. The standard InChI is InChI=1S/C25H31N7O3S2/c1-25(2)16-30(7-8-32(25)37(3,33)34)15-17-13-21-22(36-17)24(31-9-11-35-12-10-31)28-23(27-21)18-5-4-6-20-19(18)14-26-29-20/h4-6,13-14H,7-12,15-16H2,1-3H3,(H,26,29). The third-order valence-corrected chi connectivity index (χ3v) is 9.71. The van der Waals surface area contributed by atoms with Gasteiger partial charge in [0.1, 0.15) is 0 Å². The maximum Gasteiger partial charge on any atom is 0.211 e. The Balaban J connectivity index is 1.37. The van der Waals surface area contributed by atoms with Crippen LogP contribution in [0.2, 0.25) is 0 Å². The number of nitrogens with zero attached hydrogens (tertiary/aromatic N) is 6. The van der Waals surface area contributed by atoms with Gasteiger partial charge >= 0.3 is 0 Å². The molecule has 0 amide bonds. The highest BCUT2D eigenvalue weighted by Gasteiger charge is 2.39. The number of rotatable bonds is 5. The minimum absolute atomic E-state index is 0.461. The molecule has 4 aromatic rings. The van der Waals surface area contributed by atoms with E-state index in [0.717, 1.165) is 52.1 Å². The Morgan fingerprint density at radius 1 is 1.14 bits per heavy atom. The number of hydrogen-bond donors (Lipinski definition) is 1. The highest BCUT2D eigenvalue weighted by atomic mass is 32.2. The molecule has 0 spiro atoms. The van der Waals surface area contributed by atoms with Gasteiger partial charge in [0, 0.05) is 60.6 Å². The predicted octanol–water partition coefficient (Wildman–Crippen LogP) is 2.93. The summed E-state index contributed by atoms with van der Waals surface area (Å²) in [6.07, 6.45) is 3.12. The first-order valence-corrected chi connectivity index (χ1v) is 15.1. The molecular formula is C25H31N7O3S2. The summed E-state index contributed by atoms with van der Waals surface area (Å²) in [7, 11) is -3.24. The Morgan fingerprint density at radius 3 is 2.70 bits per heavy atom. The predicted molar refractivity (Wildman–Crippen MR) is 146 cm³/mol. The van der Waals surface area contributed by atoms with E-state index in [4.69, 9.17) is 14.7 Å². The van der Waals surface area contributed by atoms with Crippen LogP contribution < -0.4 is 4.90 Å². The zero-order valence-electron chi connectivity index (χ0n) is 21.3. The number of hydrogen-bond acceptors (Lipinski definition) is 9. The lowest BCUT2D eigenvalue weighted by Gasteiger charge is -2.45. The van der Waals surface area contributed by atoms with Gasteiger partial charge in [-0.15, -0.1) is 11.3 Å². The molecule has 0 atom stereocenters. The van der Waals surface area contributed by atoms with Crippen molar-refractivity contribution in [1.29, 1.82) is 0 Å². The van der Waals surface area contributed by atoms with E-state index in [1.807, 2.05) is 38.2 Å². The number of anilines is 1. The van der Waals surface area contributed by atoms with Crippen LogP contribution in [0.5, 0.6) is 0 Å². The van der Waals surface area contributed by atoms with Crippen LogP contribution in [-0.4, -0.2) is 95.5 Å². The molecule has 10 nitrogen and oxygen atoms in total. The first-order valence-electron chi connectivity index (χ1n) is 12.4. The zero-order chi connectivity index (χ0) is 25.8. The highest BCUT2D eigenvalue weighted by Crippen LogP contribution is 2.37. The van der Waals surface area contributed by atoms with E-state index in [1.165, 1.54) is 11.1 Å². The van der Waals surface area contributed by atoms with E-state index in [0.29, 0.717) is 38.7 Å². The van der Waals surface area contributed by atoms with Gasteiger partial charge in [0.2, 0.25) is 10.0 Å². The Morgan fingerprint density at radius 2 is 1.95 bits per heavy atom. The lowest BCUT2D eigenvalue weighted by atomic mass is 10.0. The van der Waals surface area contributed by atoms with E-state index in [2.05, 4.69) is 26.1 Å². The van der Waals surface area contributed by atoms with Crippen LogP contribution in [0.25, 0.3) is 32.5 Å². The number of ether oxygens (including phenoxy) is 1. The summed E-state index contributed by atoms with van der Waals surface area (Å²) in [5.74, 6) is 1.63. The fourth-order valence-electron chi connectivity index (χ4n) is 5.53. The van der Waals surface area contributed by atoms with Gasteiger partial charge in [-0.2, -0.15) is 9.40 Å². The number of H-pyrrole nitrogens is 1. The second-order valence-corrected chi connectivity index (χ2v) is 13.4. The number of aromatic nitrogens is 4. The van der Waals surface area contributed by atoms with Gasteiger partial charge in [0.15, 0.2) is 11.6 Å². The Hall–Kier alpha value is -2.64. The first kappa shape index (κ1) is 24.7. The van der Waals surface area contributed by atoms with E-state index < -0.39 is 15.6 Å². The third-order valence-electron chi connectivity index (χ3n) is 7.13. The van der Waals surface area contributed by atoms with Gasteiger partial charge in [0.25, 0.3) is 0 Å². The number of morpholine rings is 1. The number of thiophene rings is 1. The van der Waals surface area contributed by atoms with E-state index in [-0.39, 0.29) is 0 Å². The fraction of sp³-hybridized carbons (Fsp3) is 0.480. The number of fused-ring (bicyclic) bond motifs is 2. The van der Waals surface area contributed by atoms with Crippen molar-refractivity contribution in [3.63, 3.8) is 0 Å². The van der Waals surface area contributed by atoms with Crippen LogP contribution in [0.1, 0.15) is 18.7 Å². The molecule has 1 N–H and O–H groups in total. The number of nitrogens with one attached hydrogen (secondary N) is 1. The molecule has 2 aliphatic heterocycles. The Bertz CT molecular complexity index is 1560. The summed E-state index contributed by atoms with van der Waals surface area (Å²) in [5.41, 5.74) is 2.38. The van der Waals surface area contributed by atoms with Crippen molar-refractivity contribution in [2.24, 2.45) is 0 Å². The summed E-state index contributed by atoms with van der Waals surface area (Å²) in [4.78, 5) is 15.9. The normalized spacial score (nSPS) is 19.7. The van der Waals surface area contributed by atoms with Crippen molar-refractivity contribution in [2.45, 2.75) is 25.9 Å². The van der Waals surface area contributed by atoms with Crippen molar-refractivity contribution in [3.8, 4) is 11.4 Å². The maximum atomic E-state index is 12.3. The number of piperazine rings is 1. The van der Waals surface area contributed by atoms with Gasteiger partial charge in [-0.05, 0) is 26.0 Å². The second kappa shape index (κ2) is 9.28. The van der Waals surface area contributed by atoms with Gasteiger partial charge in [-0.3, -0.25) is 10.00 Å². The third kappa shape index (κ3) is 4.72. The SMILES string of the molecule is CC1(C)CN(Cc2cc3nc(-c4cccc5[nH]ncc45)nc(N4CCOCC4)c3s2)CCN1S(C)(=O)=O. The van der Waals surface area contributed by atoms with Crippen LogP contribution in [0, 0.1) is 0 Å². The molecule has 0 saturated carbocycles. The largest absolute Gasteiger partial charge is 0.378 e. The molecule has 37 heavy (non-hydrogen) atoms. The highest BCUT2D eigenvalue weighted by molar-refractivity contribution is 7.88. The molecule has 0 aliphatic carbocycles. The van der Waals surface area contributed by atoms with E-state index >= 15 is 0 Å². The van der Waals surface area contributed by atoms with Crippen molar-refractivity contribution in [1.82, 2.24) is 29.4 Å². The average Bonchev–Trinajstić information content (AvgIpc) is 3.49. The summed E-state index contributed by atoms with van der Waals surface area (Å²) >= 11 is 1.73. The van der Waals surface area contributed by atoms with Crippen LogP contribution >= 0.6 is 11.3 Å². The molecule has 3 aromatic heterocycles. The molecule has 6 rings (SSSR count). The molecule has 5 heterocycles. The first-order chi connectivity index (χ1) is 17.7. The lowest BCUT2D eigenvalue weighted by molar-refractivity contribution is 0.0778. The minimum atomic E-state index is -3.24. The van der Waals surface area contributed by atoms with Crippen molar-refractivity contribution < 1.29 is 13.2 Å². The van der Waals surface area contributed by atoms with Gasteiger partial charge in [0.05, 0.1) is 41.4 Å². The monoisotopic (exact) mass is 541 g/mol. The van der Waals surface area contributed by atoms with Crippen molar-refractivity contribution >= 4 is 48.3 Å². The number of sulfonamides is 1. The van der Waals surface area contributed by atoms with Crippen LogP contribution in [0.4, 0.5) is 5.82 Å². The van der Waals surface area contributed by atoms with Crippen molar-refractivity contribution in [3.05, 3.63) is 35.3 Å². The summed E-state index contributed by atoms with van der Waals surface area (Å²) < 4.78 is 32.8. The molecule has 2 fully saturated rings. The molecule has 2 aliphatic rings. The Kier molecular flexibility index (Phi) is 6.19. The number of aromatic amines is 1. The molecule has 0 radical (unpaired) electrons. The van der Waals surface area contributed by atoms with Crippen LogP contribution in [-0.2, 0) is 21.3 Å². The van der Waals surface area contributed by atoms with Gasteiger partial charge in [-0.1, -0.05) is 12.1 Å². The lowest BCUT2D eigenvalue weighted by Crippen LogP contribution is -2.60. The van der Waals surface area contributed by atoms with E-state index in [9.17, 15) is 8.42 Å². The second-order valence-electron chi connectivity index (χ2n) is 10.4. The molecule has 0 bridgehead atoms. The molecule has 2 saturated heterocycles. The molecule has 1 aromatic carbocycles. The molecule has 12 heteroatoms. The molecule has 0 unspecified atom stereocenters. The number of benzene rings is 1. The van der Waals surface area contributed by atoms with Crippen LogP contribution in [0.15, 0.2) is 30.5 Å². The van der Waals surface area contributed by atoms with Gasteiger partial charge < -0.3 is 9.64 Å². The topological polar surface area (TPSA) is 108 Å². The maximum absolute atomic E-state index is 12.3. The fourth-order valence-corrected chi connectivity index (χ4v) is 8.05. The summed E-state index contributed by atoms with van der Waals surface area (Å²) in [6.45, 7) is 9.53. The van der Waals surface area contributed by atoms with Crippen LogP contribution in [0.3, 0.4) is 0 Å². The Labute approximate surface area is 220 Å². The average molecular weight is 542 g/mol. The van der Waals surface area contributed by atoms with Crippen molar-refractivity contribution in [2.75, 3.05) is 57.1 Å². The van der Waals surface area contributed by atoms with E-state index in [1.54, 1.807) is 15.6 Å². The van der Waals surface area contributed by atoms with Gasteiger partial charge in [-0.25, -0.2) is 18.4 Å². The minimum Gasteiger partial charge on any atom is -0.378 e. The summed E-state index contributed by atoms with van der Waals surface area (Å²) in [5, 5.41) is 8.24. The molecular weight excluding hydrogens is 510 g/mol. The molecule has 196 valence electrons.